The molecule has 0 saturated heterocycles. The fraction of sp³-hybridized carbons (Fsp3) is 0.500. The van der Waals surface area contributed by atoms with Gasteiger partial charge in [0.15, 0.2) is 6.10 Å². The van der Waals surface area contributed by atoms with Crippen LogP contribution < -0.4 is 0 Å². The number of esters is 2. The van der Waals surface area contributed by atoms with Gasteiger partial charge in [0.25, 0.3) is 0 Å². The van der Waals surface area contributed by atoms with E-state index in [1.807, 2.05) is 45.4 Å². The number of phosphoric ester groups is 1. The first kappa shape index (κ1) is 57.9. The lowest BCUT2D eigenvalue weighted by atomic mass is 10.2. The second-order valence-electron chi connectivity index (χ2n) is 15.3. The molecule has 0 aromatic carbocycles. The molecule has 2 atom stereocenters. The summed E-state index contributed by atoms with van der Waals surface area (Å²) in [5.74, 6) is -1.01. The zero-order valence-electron chi connectivity index (χ0n) is 38.8. The molecule has 0 aromatic heterocycles. The Bertz CT molecular complexity index is 1550. The molecule has 0 saturated carbocycles. The van der Waals surface area contributed by atoms with Crippen molar-refractivity contribution >= 4 is 19.8 Å². The van der Waals surface area contributed by atoms with Gasteiger partial charge in [-0.05, 0) is 89.9 Å². The second kappa shape index (κ2) is 42.2. The van der Waals surface area contributed by atoms with Crippen molar-refractivity contribution in [3.05, 3.63) is 146 Å². The molecule has 0 fully saturated rings. The monoisotopic (exact) mass is 879 g/mol. The van der Waals surface area contributed by atoms with E-state index in [1.165, 1.54) is 0 Å². The van der Waals surface area contributed by atoms with Crippen molar-refractivity contribution in [1.29, 1.82) is 0 Å². The van der Waals surface area contributed by atoms with E-state index in [1.54, 1.807) is 0 Å². The van der Waals surface area contributed by atoms with Gasteiger partial charge in [-0.1, -0.05) is 160 Å². The van der Waals surface area contributed by atoms with Gasteiger partial charge in [0.05, 0.1) is 27.7 Å². The number of hydrogen-bond acceptors (Lipinski definition) is 7. The molecule has 10 heteroatoms. The van der Waals surface area contributed by atoms with Gasteiger partial charge in [0.1, 0.15) is 19.8 Å². The summed E-state index contributed by atoms with van der Waals surface area (Å²) in [7, 11) is 1.36. The predicted molar refractivity (Wildman–Crippen MR) is 260 cm³/mol. The minimum Gasteiger partial charge on any atom is -0.462 e. The Balaban J connectivity index is 4.63. The third kappa shape index (κ3) is 45.4. The average molecular weight is 879 g/mol. The van der Waals surface area contributed by atoms with Crippen LogP contribution in [0.25, 0.3) is 0 Å². The highest BCUT2D eigenvalue weighted by molar-refractivity contribution is 7.47. The van der Waals surface area contributed by atoms with Crippen molar-refractivity contribution in [2.45, 2.75) is 123 Å². The third-order valence-corrected chi connectivity index (χ3v) is 9.38. The minimum atomic E-state index is -4.43. The number of quaternary nitrogens is 1. The summed E-state index contributed by atoms with van der Waals surface area (Å²) in [4.78, 5) is 35.3. The lowest BCUT2D eigenvalue weighted by molar-refractivity contribution is -0.870. The molecule has 0 aliphatic rings. The predicted octanol–water partition coefficient (Wildman–Crippen LogP) is 13.2. The third-order valence-electron chi connectivity index (χ3n) is 8.39. The van der Waals surface area contributed by atoms with E-state index in [9.17, 15) is 19.0 Å². The van der Waals surface area contributed by atoms with E-state index in [0.717, 1.165) is 77.0 Å². The molecular formula is C52H81NO8P+. The Morgan fingerprint density at radius 3 is 1.15 bits per heavy atom. The number of hydrogen-bond donors (Lipinski definition) is 1. The summed E-state index contributed by atoms with van der Waals surface area (Å²) < 4.78 is 34.1. The lowest BCUT2D eigenvalue weighted by Crippen LogP contribution is -2.37. The van der Waals surface area contributed by atoms with E-state index in [2.05, 4.69) is 135 Å². The van der Waals surface area contributed by atoms with Gasteiger partial charge in [0.2, 0.25) is 0 Å². The molecular weight excluding hydrogens is 798 g/mol. The molecule has 0 bridgehead atoms. The zero-order chi connectivity index (χ0) is 45.7. The summed E-state index contributed by atoms with van der Waals surface area (Å²) >= 11 is 0. The number of allylic oxidation sites excluding steroid dienone is 24. The molecule has 62 heavy (non-hydrogen) atoms. The van der Waals surface area contributed by atoms with Crippen molar-refractivity contribution in [2.24, 2.45) is 0 Å². The number of phosphoric acid groups is 1. The van der Waals surface area contributed by atoms with Crippen LogP contribution in [0, 0.1) is 0 Å². The fourth-order valence-corrected chi connectivity index (χ4v) is 5.69. The molecule has 0 rings (SSSR count). The number of ether oxygens (including phenoxy) is 2. The molecule has 346 valence electrons. The van der Waals surface area contributed by atoms with Crippen LogP contribution in [0.5, 0.6) is 0 Å². The maximum Gasteiger partial charge on any atom is 0.472 e. The Hall–Kier alpha value is -4.11. The van der Waals surface area contributed by atoms with Crippen LogP contribution >= 0.6 is 7.82 Å². The van der Waals surface area contributed by atoms with Crippen molar-refractivity contribution in [2.75, 3.05) is 47.5 Å². The second-order valence-corrected chi connectivity index (χ2v) is 16.8. The van der Waals surface area contributed by atoms with E-state index >= 15 is 0 Å². The zero-order valence-corrected chi connectivity index (χ0v) is 39.7. The highest BCUT2D eigenvalue weighted by Gasteiger charge is 2.27. The SMILES string of the molecule is CC/C=C\C/C=C\C/C=C\C/C=C\C/C=C\C/C=C\CCC(=O)OC[C@H](COP(=O)(O)OCC[N+](C)(C)C)OC(=O)CC/C=C/C/C=C\C/C=C\C/C=C\C/C=C\C/C=C\CC. The van der Waals surface area contributed by atoms with Gasteiger partial charge in [-0.25, -0.2) is 4.57 Å². The number of nitrogens with zero attached hydrogens (tertiary/aromatic N) is 1. The van der Waals surface area contributed by atoms with Gasteiger partial charge in [-0.2, -0.15) is 0 Å². The van der Waals surface area contributed by atoms with Gasteiger partial charge < -0.3 is 18.9 Å². The molecule has 1 N–H and O–H groups in total. The van der Waals surface area contributed by atoms with Crippen molar-refractivity contribution in [3.63, 3.8) is 0 Å². The van der Waals surface area contributed by atoms with Crippen LogP contribution in [0.4, 0.5) is 0 Å². The number of carbonyl (C=O) groups is 2. The summed E-state index contributed by atoms with van der Waals surface area (Å²) in [6, 6.07) is 0. The van der Waals surface area contributed by atoms with Crippen molar-refractivity contribution < 1.29 is 42.1 Å². The highest BCUT2D eigenvalue weighted by atomic mass is 31.2. The van der Waals surface area contributed by atoms with Crippen LogP contribution in [-0.4, -0.2) is 74.9 Å². The first-order valence-electron chi connectivity index (χ1n) is 22.6. The maximum absolute atomic E-state index is 12.7. The smallest absolute Gasteiger partial charge is 0.462 e. The number of likely N-dealkylation sites (N-methyl/N-ethyl adjacent to an activating group) is 1. The fourth-order valence-electron chi connectivity index (χ4n) is 4.95. The Morgan fingerprint density at radius 1 is 0.484 bits per heavy atom. The molecule has 0 spiro atoms. The maximum atomic E-state index is 12.7. The standard InChI is InChI=1S/C52H80NO8P/c1-6-8-10-12-14-16-18-20-22-24-26-28-30-32-34-36-38-40-42-44-51(54)58-48-50(49-60-62(56,57)59-47-46-53(3,4)5)61-52(55)45-43-41-39-37-35-33-31-29-27-25-23-21-19-17-15-13-11-9-7-2/h8-11,14-17,20-23,26-29,32-35,38-41,50H,6-7,12-13,18-19,24-25,30-31,36-37,42-49H2,1-5H3/p+1/b10-8-,11-9-,16-14-,17-15-,22-20-,23-21-,28-26-,29-27-,34-32-,35-33-,40-38-,41-39+/t50-/m1/s1. The molecule has 1 unspecified atom stereocenters. The number of carbonyl (C=O) groups excluding carboxylic acids is 2. The van der Waals surface area contributed by atoms with Crippen molar-refractivity contribution in [1.82, 2.24) is 0 Å². The largest absolute Gasteiger partial charge is 0.472 e. The van der Waals surface area contributed by atoms with Gasteiger partial charge in [-0.15, -0.1) is 0 Å². The average Bonchev–Trinajstić information content (AvgIpc) is 3.23. The Morgan fingerprint density at radius 2 is 0.806 bits per heavy atom. The summed E-state index contributed by atoms with van der Waals surface area (Å²) in [5.41, 5.74) is 0. The summed E-state index contributed by atoms with van der Waals surface area (Å²) in [6.07, 6.45) is 62.2. The summed E-state index contributed by atoms with van der Waals surface area (Å²) in [6.45, 7) is 3.97. The van der Waals surface area contributed by atoms with Crippen LogP contribution in [0.1, 0.15) is 117 Å². The molecule has 0 radical (unpaired) electrons. The van der Waals surface area contributed by atoms with E-state index < -0.39 is 32.5 Å². The van der Waals surface area contributed by atoms with Crippen LogP contribution in [0.3, 0.4) is 0 Å². The van der Waals surface area contributed by atoms with Gasteiger partial charge in [0, 0.05) is 12.8 Å². The number of rotatable bonds is 38. The first-order chi connectivity index (χ1) is 30.0. The molecule has 0 aromatic rings. The summed E-state index contributed by atoms with van der Waals surface area (Å²) in [5, 5.41) is 0. The van der Waals surface area contributed by atoms with E-state index in [-0.39, 0.29) is 26.1 Å². The quantitative estimate of drug-likeness (QED) is 0.0283. The molecule has 9 nitrogen and oxygen atoms in total. The molecule has 0 heterocycles. The normalized spacial score (nSPS) is 14.9. The minimum absolute atomic E-state index is 0.00271. The van der Waals surface area contributed by atoms with E-state index in [4.69, 9.17) is 18.5 Å². The molecule has 0 amide bonds. The Labute approximate surface area is 376 Å². The van der Waals surface area contributed by atoms with Crippen LogP contribution in [0.15, 0.2) is 146 Å². The highest BCUT2D eigenvalue weighted by Crippen LogP contribution is 2.43. The first-order valence-corrected chi connectivity index (χ1v) is 24.1. The lowest BCUT2D eigenvalue weighted by Gasteiger charge is -2.24. The van der Waals surface area contributed by atoms with Gasteiger partial charge >= 0.3 is 19.8 Å². The Kier molecular flexibility index (Phi) is 39.4. The van der Waals surface area contributed by atoms with E-state index in [0.29, 0.717) is 23.9 Å². The molecule has 0 aliphatic carbocycles. The topological polar surface area (TPSA) is 108 Å². The molecule has 0 aliphatic heterocycles. The van der Waals surface area contributed by atoms with Gasteiger partial charge in [-0.3, -0.25) is 18.6 Å². The van der Waals surface area contributed by atoms with Crippen molar-refractivity contribution in [3.8, 4) is 0 Å². The van der Waals surface area contributed by atoms with Crippen LogP contribution in [-0.2, 0) is 32.7 Å². The van der Waals surface area contributed by atoms with Crippen LogP contribution in [0.2, 0.25) is 0 Å².